The van der Waals surface area contributed by atoms with Crippen LogP contribution in [0.4, 0.5) is 0 Å². The van der Waals surface area contributed by atoms with Crippen molar-refractivity contribution in [3.05, 3.63) is 0 Å². The van der Waals surface area contributed by atoms with Crippen LogP contribution in [0.5, 0.6) is 0 Å². The lowest BCUT2D eigenvalue weighted by atomic mass is 9.76. The molecule has 0 aromatic carbocycles. The van der Waals surface area contributed by atoms with Crippen molar-refractivity contribution in [2.45, 2.75) is 52.6 Å². The summed E-state index contributed by atoms with van der Waals surface area (Å²) in [6.07, 6.45) is 5.86. The molecule has 0 saturated heterocycles. The molecule has 4 heteroatoms. The SMILES string of the molecule is CCCCC(C)(C)C(C)(N=C=O)N=C=O. The molecule has 0 rings (SSSR count). The van der Waals surface area contributed by atoms with Gasteiger partial charge >= 0.3 is 0 Å². The van der Waals surface area contributed by atoms with E-state index in [1.54, 1.807) is 6.92 Å². The minimum atomic E-state index is -1.05. The van der Waals surface area contributed by atoms with Gasteiger partial charge in [-0.2, -0.15) is 9.98 Å². The molecule has 0 unspecified atom stereocenters. The van der Waals surface area contributed by atoms with Gasteiger partial charge < -0.3 is 0 Å². The van der Waals surface area contributed by atoms with Crippen molar-refractivity contribution in [2.24, 2.45) is 15.4 Å². The van der Waals surface area contributed by atoms with Crippen molar-refractivity contribution in [1.82, 2.24) is 0 Å². The molecular weight excluding hydrogens is 192 g/mol. The Morgan fingerprint density at radius 2 is 1.53 bits per heavy atom. The van der Waals surface area contributed by atoms with Crippen LogP contribution in [0, 0.1) is 5.41 Å². The summed E-state index contributed by atoms with van der Waals surface area (Å²) in [6, 6.07) is 0. The molecule has 0 aliphatic heterocycles. The highest BCUT2D eigenvalue weighted by Gasteiger charge is 2.41. The van der Waals surface area contributed by atoms with Gasteiger partial charge in [-0.25, -0.2) is 9.59 Å². The van der Waals surface area contributed by atoms with Gasteiger partial charge in [0, 0.05) is 5.41 Å². The van der Waals surface area contributed by atoms with Crippen LogP contribution < -0.4 is 0 Å². The third-order valence-corrected chi connectivity index (χ3v) is 2.96. The molecule has 0 atom stereocenters. The molecule has 0 bridgehead atoms. The number of rotatable bonds is 6. The van der Waals surface area contributed by atoms with Gasteiger partial charge in [0.15, 0.2) is 5.66 Å². The first-order chi connectivity index (χ1) is 6.93. The summed E-state index contributed by atoms with van der Waals surface area (Å²) >= 11 is 0. The van der Waals surface area contributed by atoms with E-state index in [-0.39, 0.29) is 5.41 Å². The summed E-state index contributed by atoms with van der Waals surface area (Å²) in [6.45, 7) is 7.60. The standard InChI is InChI=1S/C11H18N2O2/c1-5-6-7-10(2,3)11(4,12-8-14)13-9-15/h5-7H2,1-4H3. The molecule has 0 amide bonds. The van der Waals surface area contributed by atoms with Crippen molar-refractivity contribution < 1.29 is 9.59 Å². The highest BCUT2D eigenvalue weighted by molar-refractivity contribution is 5.39. The molecule has 0 spiro atoms. The molecule has 0 saturated carbocycles. The highest BCUT2D eigenvalue weighted by Crippen LogP contribution is 2.39. The van der Waals surface area contributed by atoms with E-state index >= 15 is 0 Å². The Bertz CT molecular complexity index is 280. The van der Waals surface area contributed by atoms with Gasteiger partial charge in [-0.3, -0.25) is 0 Å². The predicted octanol–water partition coefficient (Wildman–Crippen LogP) is 2.59. The molecule has 0 heterocycles. The minimum Gasteiger partial charge on any atom is -0.211 e. The summed E-state index contributed by atoms with van der Waals surface area (Å²) in [4.78, 5) is 27.9. The molecule has 4 nitrogen and oxygen atoms in total. The van der Waals surface area contributed by atoms with E-state index in [0.717, 1.165) is 19.3 Å². The summed E-state index contributed by atoms with van der Waals surface area (Å²) in [5.41, 5.74) is -1.40. The summed E-state index contributed by atoms with van der Waals surface area (Å²) in [7, 11) is 0. The molecule has 0 aromatic rings. The summed E-state index contributed by atoms with van der Waals surface area (Å²) < 4.78 is 0. The van der Waals surface area contributed by atoms with Crippen molar-refractivity contribution in [3.63, 3.8) is 0 Å². The van der Waals surface area contributed by atoms with Gasteiger partial charge in [0.25, 0.3) is 0 Å². The number of hydrogen-bond acceptors (Lipinski definition) is 4. The number of isocyanates is 2. The van der Waals surface area contributed by atoms with Crippen LogP contribution in [-0.4, -0.2) is 17.8 Å². The van der Waals surface area contributed by atoms with Crippen LogP contribution in [0.1, 0.15) is 47.0 Å². The Kier molecular flexibility index (Phi) is 5.13. The normalized spacial score (nSPS) is 14.7. The first-order valence-electron chi connectivity index (χ1n) is 5.11. The average molecular weight is 210 g/mol. The minimum absolute atomic E-state index is 0.349. The molecule has 0 aliphatic carbocycles. The number of carbonyl (C=O) groups excluding carboxylic acids is 2. The summed E-state index contributed by atoms with van der Waals surface area (Å²) in [5, 5.41) is 0. The fraction of sp³-hybridized carbons (Fsp3) is 0.818. The molecule has 0 radical (unpaired) electrons. The largest absolute Gasteiger partial charge is 0.237 e. The van der Waals surface area contributed by atoms with E-state index < -0.39 is 5.66 Å². The Morgan fingerprint density at radius 3 is 1.87 bits per heavy atom. The topological polar surface area (TPSA) is 58.9 Å². The molecule has 0 N–H and O–H groups in total. The first-order valence-corrected chi connectivity index (χ1v) is 5.11. The predicted molar refractivity (Wildman–Crippen MR) is 58.0 cm³/mol. The third kappa shape index (κ3) is 3.43. The van der Waals surface area contributed by atoms with E-state index in [1.807, 2.05) is 13.8 Å². The maximum atomic E-state index is 10.3. The molecule has 84 valence electrons. The second-order valence-corrected chi connectivity index (χ2v) is 4.41. The average Bonchev–Trinajstić information content (AvgIpc) is 2.15. The molecule has 0 fully saturated rings. The van der Waals surface area contributed by atoms with Crippen LogP contribution in [0.25, 0.3) is 0 Å². The molecular formula is C11H18N2O2. The van der Waals surface area contributed by atoms with E-state index in [9.17, 15) is 9.59 Å². The van der Waals surface area contributed by atoms with E-state index in [1.165, 1.54) is 12.2 Å². The van der Waals surface area contributed by atoms with Gasteiger partial charge in [-0.1, -0.05) is 33.6 Å². The Balaban J connectivity index is 5.04. The van der Waals surface area contributed by atoms with Gasteiger partial charge in [0.1, 0.15) is 0 Å². The second kappa shape index (κ2) is 5.59. The van der Waals surface area contributed by atoms with Crippen LogP contribution in [-0.2, 0) is 9.59 Å². The van der Waals surface area contributed by atoms with Gasteiger partial charge in [-0.05, 0) is 13.3 Å². The Morgan fingerprint density at radius 1 is 1.07 bits per heavy atom. The van der Waals surface area contributed by atoms with Crippen molar-refractivity contribution in [2.75, 3.05) is 0 Å². The fourth-order valence-corrected chi connectivity index (χ4v) is 1.36. The maximum Gasteiger partial charge on any atom is 0.237 e. The lowest BCUT2D eigenvalue weighted by Crippen LogP contribution is -2.38. The van der Waals surface area contributed by atoms with Crippen LogP contribution >= 0.6 is 0 Å². The van der Waals surface area contributed by atoms with Crippen molar-refractivity contribution in [3.8, 4) is 0 Å². The van der Waals surface area contributed by atoms with E-state index in [0.29, 0.717) is 0 Å². The molecule has 15 heavy (non-hydrogen) atoms. The zero-order valence-electron chi connectivity index (χ0n) is 9.83. The maximum absolute atomic E-state index is 10.3. The fourth-order valence-electron chi connectivity index (χ4n) is 1.36. The lowest BCUT2D eigenvalue weighted by Gasteiger charge is -2.35. The first kappa shape index (κ1) is 13.8. The smallest absolute Gasteiger partial charge is 0.211 e. The zero-order valence-corrected chi connectivity index (χ0v) is 9.83. The van der Waals surface area contributed by atoms with Crippen LogP contribution in [0.2, 0.25) is 0 Å². The van der Waals surface area contributed by atoms with E-state index in [4.69, 9.17) is 0 Å². The number of unbranched alkanes of at least 4 members (excludes halogenated alkanes) is 1. The lowest BCUT2D eigenvalue weighted by molar-refractivity contribution is 0.173. The van der Waals surface area contributed by atoms with Crippen LogP contribution in [0.15, 0.2) is 9.98 Å². The van der Waals surface area contributed by atoms with Crippen molar-refractivity contribution in [1.29, 1.82) is 0 Å². The summed E-state index contributed by atoms with van der Waals surface area (Å²) in [5.74, 6) is 0. The number of hydrogen-bond donors (Lipinski definition) is 0. The quantitative estimate of drug-likeness (QED) is 0.499. The molecule has 0 aromatic heterocycles. The highest BCUT2D eigenvalue weighted by atomic mass is 16.1. The monoisotopic (exact) mass is 210 g/mol. The zero-order chi connectivity index (χ0) is 11.9. The Labute approximate surface area is 90.5 Å². The number of aliphatic imine (C=N–C) groups is 2. The van der Waals surface area contributed by atoms with Gasteiger partial charge in [-0.15, -0.1) is 0 Å². The second-order valence-electron chi connectivity index (χ2n) is 4.41. The molecule has 0 aliphatic rings. The van der Waals surface area contributed by atoms with Crippen LogP contribution in [0.3, 0.4) is 0 Å². The van der Waals surface area contributed by atoms with Gasteiger partial charge in [0.2, 0.25) is 12.2 Å². The Hall–Kier alpha value is -1.24. The van der Waals surface area contributed by atoms with Crippen molar-refractivity contribution >= 4 is 12.2 Å². The third-order valence-electron chi connectivity index (χ3n) is 2.96. The van der Waals surface area contributed by atoms with Gasteiger partial charge in [0.05, 0.1) is 0 Å². The number of nitrogens with zero attached hydrogens (tertiary/aromatic N) is 2. The van der Waals surface area contributed by atoms with E-state index in [2.05, 4.69) is 16.9 Å².